The number of anilines is 1. The second kappa shape index (κ2) is 8.63. The molecule has 7 nitrogen and oxygen atoms in total. The number of hydrogen-bond acceptors (Lipinski definition) is 5. The van der Waals surface area contributed by atoms with Crippen LogP contribution in [0, 0.1) is 5.92 Å². The van der Waals surface area contributed by atoms with E-state index < -0.39 is 0 Å². The van der Waals surface area contributed by atoms with Crippen LogP contribution in [-0.4, -0.2) is 40.7 Å². The van der Waals surface area contributed by atoms with Gasteiger partial charge in [0.1, 0.15) is 5.69 Å². The van der Waals surface area contributed by atoms with E-state index in [0.29, 0.717) is 12.3 Å². The molecule has 2 N–H and O–H groups in total. The summed E-state index contributed by atoms with van der Waals surface area (Å²) >= 11 is 0. The van der Waals surface area contributed by atoms with Crippen LogP contribution in [0.5, 0.6) is 0 Å². The van der Waals surface area contributed by atoms with Crippen LogP contribution in [0.3, 0.4) is 0 Å². The molecule has 1 aliphatic rings. The second-order valence-electron chi connectivity index (χ2n) is 7.92. The van der Waals surface area contributed by atoms with Crippen LogP contribution in [0.2, 0.25) is 0 Å². The number of fused-ring (bicyclic) bond motifs is 1. The van der Waals surface area contributed by atoms with Gasteiger partial charge in [0.25, 0.3) is 0 Å². The van der Waals surface area contributed by atoms with Crippen molar-refractivity contribution in [1.29, 1.82) is 0 Å². The maximum absolute atomic E-state index is 12.6. The minimum absolute atomic E-state index is 0.0505. The number of hydrogen-bond donors (Lipinski definition) is 2. The molecule has 3 aromatic heterocycles. The summed E-state index contributed by atoms with van der Waals surface area (Å²) in [5.41, 5.74) is 3.09. The zero-order valence-corrected chi connectivity index (χ0v) is 17.3. The summed E-state index contributed by atoms with van der Waals surface area (Å²) in [7, 11) is 0. The number of para-hydroxylation sites is 1. The van der Waals surface area contributed by atoms with Gasteiger partial charge in [0.05, 0.1) is 6.26 Å². The molecule has 0 saturated carbocycles. The zero-order chi connectivity index (χ0) is 21.0. The Hall–Kier alpha value is -3.61. The number of H-pyrrole nitrogens is 1. The molecule has 1 saturated heterocycles. The fourth-order valence-corrected chi connectivity index (χ4v) is 4.22. The summed E-state index contributed by atoms with van der Waals surface area (Å²) < 4.78 is 5.36. The van der Waals surface area contributed by atoms with E-state index in [4.69, 9.17) is 4.42 Å². The number of furan rings is 1. The van der Waals surface area contributed by atoms with Gasteiger partial charge in [-0.15, -0.1) is 10.2 Å². The van der Waals surface area contributed by atoms with Crippen molar-refractivity contribution >= 4 is 22.6 Å². The molecular formula is C24H25N5O2. The molecule has 0 unspecified atom stereocenters. The molecule has 7 heteroatoms. The van der Waals surface area contributed by atoms with E-state index >= 15 is 0 Å². The van der Waals surface area contributed by atoms with Crippen molar-refractivity contribution in [3.05, 3.63) is 66.6 Å². The number of piperidine rings is 1. The number of aromatic nitrogens is 3. The first kappa shape index (κ1) is 19.4. The number of nitrogens with one attached hydrogen (secondary N) is 2. The van der Waals surface area contributed by atoms with Crippen molar-refractivity contribution in [2.24, 2.45) is 5.92 Å². The van der Waals surface area contributed by atoms with Gasteiger partial charge in [-0.25, -0.2) is 0 Å². The lowest BCUT2D eigenvalue weighted by Crippen LogP contribution is -2.41. The van der Waals surface area contributed by atoms with E-state index in [9.17, 15) is 4.79 Å². The van der Waals surface area contributed by atoms with Gasteiger partial charge in [-0.2, -0.15) is 0 Å². The summed E-state index contributed by atoms with van der Waals surface area (Å²) in [4.78, 5) is 18.1. The number of benzene rings is 1. The minimum Gasteiger partial charge on any atom is -0.463 e. The van der Waals surface area contributed by atoms with Gasteiger partial charge in [0, 0.05) is 42.7 Å². The largest absolute Gasteiger partial charge is 0.463 e. The van der Waals surface area contributed by atoms with E-state index in [-0.39, 0.29) is 11.8 Å². The average molecular weight is 415 g/mol. The Morgan fingerprint density at radius 1 is 1.10 bits per heavy atom. The van der Waals surface area contributed by atoms with Gasteiger partial charge in [0.15, 0.2) is 11.6 Å². The highest BCUT2D eigenvalue weighted by molar-refractivity contribution is 5.83. The summed E-state index contributed by atoms with van der Waals surface area (Å²) in [6.07, 6.45) is 6.13. The lowest BCUT2D eigenvalue weighted by Gasteiger charge is -2.31. The molecule has 5 rings (SSSR count). The van der Waals surface area contributed by atoms with Crippen molar-refractivity contribution in [1.82, 2.24) is 20.5 Å². The van der Waals surface area contributed by atoms with Crippen LogP contribution in [0.1, 0.15) is 18.4 Å². The molecule has 0 atom stereocenters. The van der Waals surface area contributed by atoms with Crippen molar-refractivity contribution < 1.29 is 9.21 Å². The van der Waals surface area contributed by atoms with Gasteiger partial charge in [-0.05, 0) is 55.2 Å². The van der Waals surface area contributed by atoms with E-state index in [2.05, 4.69) is 37.5 Å². The quantitative estimate of drug-likeness (QED) is 0.500. The van der Waals surface area contributed by atoms with E-state index in [0.717, 1.165) is 49.4 Å². The number of carbonyl (C=O) groups excluding carboxylic acids is 1. The molecule has 0 spiro atoms. The third-order valence-corrected chi connectivity index (χ3v) is 5.98. The van der Waals surface area contributed by atoms with Crippen molar-refractivity contribution in [3.63, 3.8) is 0 Å². The molecular weight excluding hydrogens is 390 g/mol. The van der Waals surface area contributed by atoms with Crippen LogP contribution >= 0.6 is 0 Å². The molecule has 31 heavy (non-hydrogen) atoms. The highest BCUT2D eigenvalue weighted by atomic mass is 16.3. The Bertz CT molecular complexity index is 1140. The van der Waals surface area contributed by atoms with Crippen LogP contribution in [0.15, 0.2) is 65.4 Å². The van der Waals surface area contributed by atoms with Crippen LogP contribution < -0.4 is 10.2 Å². The number of nitrogens with zero attached hydrogens (tertiary/aromatic N) is 3. The summed E-state index contributed by atoms with van der Waals surface area (Å²) in [6.45, 7) is 2.26. The minimum atomic E-state index is 0.0505. The first-order valence-electron chi connectivity index (χ1n) is 10.7. The molecule has 0 radical (unpaired) electrons. The molecule has 1 fully saturated rings. The molecule has 4 heterocycles. The first-order chi connectivity index (χ1) is 15.3. The number of carbonyl (C=O) groups is 1. The Morgan fingerprint density at radius 2 is 1.97 bits per heavy atom. The van der Waals surface area contributed by atoms with E-state index in [1.165, 1.54) is 10.9 Å². The second-order valence-corrected chi connectivity index (χ2v) is 7.92. The van der Waals surface area contributed by atoms with Gasteiger partial charge < -0.3 is 19.6 Å². The predicted molar refractivity (Wildman–Crippen MR) is 120 cm³/mol. The molecule has 0 aliphatic carbocycles. The lowest BCUT2D eigenvalue weighted by molar-refractivity contribution is -0.125. The Kier molecular flexibility index (Phi) is 5.39. The smallest absolute Gasteiger partial charge is 0.223 e. The fourth-order valence-electron chi connectivity index (χ4n) is 4.22. The van der Waals surface area contributed by atoms with Crippen LogP contribution in [-0.2, 0) is 11.2 Å². The summed E-state index contributed by atoms with van der Waals surface area (Å²) in [6, 6.07) is 15.8. The average Bonchev–Trinajstić information content (AvgIpc) is 3.50. The molecule has 1 aromatic carbocycles. The fraction of sp³-hybridized carbons (Fsp3) is 0.292. The molecule has 4 aromatic rings. The van der Waals surface area contributed by atoms with Gasteiger partial charge in [0.2, 0.25) is 5.91 Å². The van der Waals surface area contributed by atoms with Crippen molar-refractivity contribution in [2.75, 3.05) is 24.5 Å². The predicted octanol–water partition coefficient (Wildman–Crippen LogP) is 3.79. The van der Waals surface area contributed by atoms with Gasteiger partial charge in [-0.1, -0.05) is 18.2 Å². The van der Waals surface area contributed by atoms with Crippen LogP contribution in [0.25, 0.3) is 22.4 Å². The number of aromatic amines is 1. The highest BCUT2D eigenvalue weighted by Gasteiger charge is 2.25. The topological polar surface area (TPSA) is 87.0 Å². The molecule has 1 aliphatic heterocycles. The lowest BCUT2D eigenvalue weighted by atomic mass is 9.96. The van der Waals surface area contributed by atoms with Gasteiger partial charge in [-0.3, -0.25) is 4.79 Å². The SMILES string of the molecule is O=C(NCCc1c[nH]c2ccccc12)C1CCN(c2ccc(-c3ccco3)nn2)CC1. The third kappa shape index (κ3) is 4.17. The molecule has 0 bridgehead atoms. The van der Waals surface area contributed by atoms with Crippen molar-refractivity contribution in [2.45, 2.75) is 19.3 Å². The summed E-state index contributed by atoms with van der Waals surface area (Å²) in [5, 5.41) is 13.0. The Morgan fingerprint density at radius 3 is 2.74 bits per heavy atom. The maximum Gasteiger partial charge on any atom is 0.223 e. The van der Waals surface area contributed by atoms with Gasteiger partial charge >= 0.3 is 0 Å². The number of amides is 1. The zero-order valence-electron chi connectivity index (χ0n) is 17.3. The van der Waals surface area contributed by atoms with E-state index in [1.54, 1.807) is 6.26 Å². The molecule has 158 valence electrons. The van der Waals surface area contributed by atoms with Crippen molar-refractivity contribution in [3.8, 4) is 11.5 Å². The van der Waals surface area contributed by atoms with Crippen LogP contribution in [0.4, 0.5) is 5.82 Å². The Balaban J connectivity index is 1.10. The highest BCUT2D eigenvalue weighted by Crippen LogP contribution is 2.24. The first-order valence-corrected chi connectivity index (χ1v) is 10.7. The normalized spacial score (nSPS) is 14.8. The summed E-state index contributed by atoms with van der Waals surface area (Å²) in [5.74, 6) is 1.75. The third-order valence-electron chi connectivity index (χ3n) is 5.98. The monoisotopic (exact) mass is 415 g/mol. The molecule has 1 amide bonds. The standard InChI is InChI=1S/C24H25N5O2/c30-24(25-12-9-18-16-26-20-5-2-1-4-19(18)20)17-10-13-29(14-11-17)23-8-7-21(27-28-23)22-6-3-15-31-22/h1-8,15-17,26H,9-14H2,(H,25,30). The number of rotatable bonds is 6. The van der Waals surface area contributed by atoms with E-state index in [1.807, 2.05) is 42.6 Å². The maximum atomic E-state index is 12.6. The Labute approximate surface area is 180 Å².